The molecule has 6 nitrogen and oxygen atoms in total. The highest BCUT2D eigenvalue weighted by molar-refractivity contribution is 5.90. The van der Waals surface area contributed by atoms with Gasteiger partial charge in [-0.15, -0.1) is 0 Å². The van der Waals surface area contributed by atoms with Crippen LogP contribution in [0.4, 0.5) is 0 Å². The van der Waals surface area contributed by atoms with Crippen molar-refractivity contribution < 1.29 is 24.2 Å². The van der Waals surface area contributed by atoms with Gasteiger partial charge in [-0.25, -0.2) is 0 Å². The molecule has 0 radical (unpaired) electrons. The van der Waals surface area contributed by atoms with Gasteiger partial charge in [0.2, 0.25) is 5.91 Å². The number of aliphatic hydroxyl groups excluding tert-OH is 1. The number of carbonyl (C=O) groups excluding carboxylic acids is 3. The summed E-state index contributed by atoms with van der Waals surface area (Å²) in [6, 6.07) is 9.74. The van der Waals surface area contributed by atoms with Crippen molar-refractivity contribution in [1.29, 1.82) is 0 Å². The fraction of sp³-hybridized carbons (Fsp3) is 0.500. The first-order valence-electron chi connectivity index (χ1n) is 12.8. The molecule has 0 saturated carbocycles. The Morgan fingerprint density at radius 2 is 1.78 bits per heavy atom. The zero-order chi connectivity index (χ0) is 26.2. The fourth-order valence-corrected chi connectivity index (χ4v) is 6.51. The van der Waals surface area contributed by atoms with Crippen molar-refractivity contribution in [3.63, 3.8) is 0 Å². The molecule has 0 aromatic heterocycles. The van der Waals surface area contributed by atoms with Crippen molar-refractivity contribution in [3.8, 4) is 0 Å². The van der Waals surface area contributed by atoms with Crippen LogP contribution >= 0.6 is 0 Å². The lowest BCUT2D eigenvalue weighted by Crippen LogP contribution is -2.58. The molecule has 1 aromatic rings. The van der Waals surface area contributed by atoms with Crippen molar-refractivity contribution in [2.75, 3.05) is 0 Å². The van der Waals surface area contributed by atoms with Gasteiger partial charge in [0.15, 0.2) is 0 Å². The summed E-state index contributed by atoms with van der Waals surface area (Å²) in [6.07, 6.45) is 6.50. The number of aliphatic hydroxyl groups is 1. The number of hydrogen-bond donors (Lipinski definition) is 2. The number of rotatable bonds is 3. The summed E-state index contributed by atoms with van der Waals surface area (Å²) in [4.78, 5) is 39.4. The quantitative estimate of drug-likeness (QED) is 0.494. The molecule has 1 saturated heterocycles. The molecule has 1 heterocycles. The minimum atomic E-state index is -1.25. The van der Waals surface area contributed by atoms with Gasteiger partial charge in [-0.3, -0.25) is 14.4 Å². The zero-order valence-electron chi connectivity index (χ0n) is 21.7. The van der Waals surface area contributed by atoms with E-state index in [0.717, 1.165) is 16.7 Å². The largest absolute Gasteiger partial charge is 0.457 e. The predicted molar refractivity (Wildman–Crippen MR) is 138 cm³/mol. The van der Waals surface area contributed by atoms with Crippen LogP contribution in [0.15, 0.2) is 65.8 Å². The topological polar surface area (TPSA) is 92.7 Å². The molecule has 2 aliphatic carbocycles. The van der Waals surface area contributed by atoms with Crippen molar-refractivity contribution in [3.05, 3.63) is 71.3 Å². The number of allylic oxidation sites excluding steroid dienone is 2. The summed E-state index contributed by atoms with van der Waals surface area (Å²) in [5, 5.41) is 14.8. The molecule has 1 aromatic carbocycles. The molecule has 3 aliphatic rings. The van der Waals surface area contributed by atoms with Gasteiger partial charge < -0.3 is 15.2 Å². The molecule has 6 heteroatoms. The first kappa shape index (κ1) is 26.1. The van der Waals surface area contributed by atoms with Crippen molar-refractivity contribution in [2.45, 2.75) is 65.7 Å². The van der Waals surface area contributed by atoms with E-state index in [9.17, 15) is 19.5 Å². The zero-order valence-corrected chi connectivity index (χ0v) is 21.7. The highest BCUT2D eigenvalue weighted by Crippen LogP contribution is 2.57. The molecule has 192 valence electrons. The van der Waals surface area contributed by atoms with Gasteiger partial charge >= 0.3 is 5.97 Å². The molecule has 8 atom stereocenters. The van der Waals surface area contributed by atoms with E-state index in [0.29, 0.717) is 12.8 Å². The number of ether oxygens (including phenoxy) is 1. The van der Waals surface area contributed by atoms with Crippen LogP contribution < -0.4 is 5.32 Å². The van der Waals surface area contributed by atoms with Crippen LogP contribution in [0.25, 0.3) is 0 Å². The Bertz CT molecular complexity index is 1120. The standard InChI is InChI=1S/C30H37NO5/c1-17-10-9-13-23-28(34)20(4)19(3)26-24(16-22-11-7-6-8-12-22)31-29(35)30(23,26)25(36-21(5)32)15-14-18(2)27(17)33/h6-9,11-15,17-18,23-26,28,34H,10,16H2,1-5H3,(H,31,35). The number of benzene rings is 1. The number of hydrogen-bond acceptors (Lipinski definition) is 5. The van der Waals surface area contributed by atoms with Crippen LogP contribution in [-0.4, -0.2) is 41.0 Å². The number of nitrogens with one attached hydrogen (secondary N) is 1. The SMILES string of the molecule is CC(=O)OC1C=CC(C)C(=O)C(C)CC=CC2C(O)C(C)=C(C)C3C(Cc4ccccc4)NC(=O)C123. The van der Waals surface area contributed by atoms with E-state index < -0.39 is 35.4 Å². The summed E-state index contributed by atoms with van der Waals surface area (Å²) >= 11 is 0. The lowest BCUT2D eigenvalue weighted by molar-refractivity contribution is -0.161. The van der Waals surface area contributed by atoms with Crippen molar-refractivity contribution in [1.82, 2.24) is 5.32 Å². The molecular formula is C30H37NO5. The smallest absolute Gasteiger partial charge is 0.303 e. The lowest BCUT2D eigenvalue weighted by Gasteiger charge is -2.49. The van der Waals surface area contributed by atoms with E-state index in [1.54, 1.807) is 12.2 Å². The van der Waals surface area contributed by atoms with E-state index in [-0.39, 0.29) is 29.6 Å². The molecule has 2 N–H and O–H groups in total. The molecule has 1 aliphatic heterocycles. The first-order valence-corrected chi connectivity index (χ1v) is 12.8. The minimum absolute atomic E-state index is 0.0836. The van der Waals surface area contributed by atoms with Crippen LogP contribution in [0.3, 0.4) is 0 Å². The summed E-state index contributed by atoms with van der Waals surface area (Å²) in [6.45, 7) is 8.93. The Labute approximate surface area is 213 Å². The molecule has 1 fully saturated rings. The van der Waals surface area contributed by atoms with Crippen LogP contribution in [0.1, 0.15) is 46.6 Å². The number of esters is 1. The van der Waals surface area contributed by atoms with E-state index in [2.05, 4.69) is 5.32 Å². The normalized spacial score (nSPS) is 36.6. The number of Topliss-reactive ketones (excluding diaryl/α,β-unsaturated/α-hetero) is 1. The number of ketones is 1. The maximum Gasteiger partial charge on any atom is 0.303 e. The van der Waals surface area contributed by atoms with Gasteiger partial charge in [-0.05, 0) is 43.9 Å². The monoisotopic (exact) mass is 491 g/mol. The van der Waals surface area contributed by atoms with Crippen molar-refractivity contribution >= 4 is 17.7 Å². The third-order valence-electron chi connectivity index (χ3n) is 8.45. The summed E-state index contributed by atoms with van der Waals surface area (Å²) in [7, 11) is 0. The maximum absolute atomic E-state index is 14.1. The Balaban J connectivity index is 1.94. The second kappa shape index (κ2) is 10.2. The molecule has 36 heavy (non-hydrogen) atoms. The average molecular weight is 492 g/mol. The highest BCUT2D eigenvalue weighted by atomic mass is 16.5. The van der Waals surface area contributed by atoms with Gasteiger partial charge in [0, 0.05) is 36.6 Å². The highest BCUT2D eigenvalue weighted by Gasteiger charge is 2.67. The van der Waals surface area contributed by atoms with E-state index in [4.69, 9.17) is 4.74 Å². The van der Waals surface area contributed by atoms with E-state index in [1.165, 1.54) is 6.92 Å². The summed E-state index contributed by atoms with van der Waals surface area (Å²) < 4.78 is 5.88. The molecule has 1 spiro atoms. The third-order valence-corrected chi connectivity index (χ3v) is 8.45. The van der Waals surface area contributed by atoms with Crippen LogP contribution in [0, 0.1) is 29.1 Å². The molecule has 0 bridgehead atoms. The second-order valence-electron chi connectivity index (χ2n) is 10.7. The molecule has 4 rings (SSSR count). The molecular weight excluding hydrogens is 454 g/mol. The molecule has 8 unspecified atom stereocenters. The van der Waals surface area contributed by atoms with Gasteiger partial charge in [0.1, 0.15) is 17.3 Å². The Morgan fingerprint density at radius 1 is 1.08 bits per heavy atom. The van der Waals surface area contributed by atoms with Crippen LogP contribution in [0.5, 0.6) is 0 Å². The van der Waals surface area contributed by atoms with E-state index in [1.807, 2.05) is 70.2 Å². The van der Waals surface area contributed by atoms with Gasteiger partial charge in [0.05, 0.1) is 6.10 Å². The Morgan fingerprint density at radius 3 is 2.44 bits per heavy atom. The van der Waals surface area contributed by atoms with Crippen molar-refractivity contribution in [2.24, 2.45) is 29.1 Å². The number of amides is 1. The van der Waals surface area contributed by atoms with Gasteiger partial charge in [-0.2, -0.15) is 0 Å². The third kappa shape index (κ3) is 4.36. The van der Waals surface area contributed by atoms with Gasteiger partial charge in [-0.1, -0.05) is 68.0 Å². The minimum Gasteiger partial charge on any atom is -0.457 e. The first-order chi connectivity index (χ1) is 17.1. The Kier molecular flexibility index (Phi) is 7.37. The average Bonchev–Trinajstić information content (AvgIpc) is 3.13. The fourth-order valence-electron chi connectivity index (χ4n) is 6.51. The van der Waals surface area contributed by atoms with Crippen LogP contribution in [0.2, 0.25) is 0 Å². The second-order valence-corrected chi connectivity index (χ2v) is 10.7. The predicted octanol–water partition coefficient (Wildman–Crippen LogP) is 3.95. The maximum atomic E-state index is 14.1. The summed E-state index contributed by atoms with van der Waals surface area (Å²) in [5.41, 5.74) is 1.60. The summed E-state index contributed by atoms with van der Waals surface area (Å²) in [5.74, 6) is -2.22. The Hall–Kier alpha value is -2.99. The van der Waals surface area contributed by atoms with E-state index >= 15 is 0 Å². The van der Waals surface area contributed by atoms with Gasteiger partial charge in [0.25, 0.3) is 0 Å². The number of carbonyl (C=O) groups is 3. The van der Waals surface area contributed by atoms with Crippen LogP contribution in [-0.2, 0) is 25.5 Å². The molecule has 1 amide bonds. The lowest BCUT2D eigenvalue weighted by atomic mass is 9.54.